The minimum atomic E-state index is -0.246. The van der Waals surface area contributed by atoms with Crippen molar-refractivity contribution in [2.24, 2.45) is 0 Å². The van der Waals surface area contributed by atoms with E-state index in [1.807, 2.05) is 24.3 Å². The van der Waals surface area contributed by atoms with E-state index in [-0.39, 0.29) is 5.91 Å². The Kier molecular flexibility index (Phi) is 4.17. The van der Waals surface area contributed by atoms with E-state index in [4.69, 9.17) is 4.52 Å². The molecule has 0 bridgehead atoms. The van der Waals surface area contributed by atoms with Crippen molar-refractivity contribution in [1.82, 2.24) is 20.1 Å². The molecule has 0 radical (unpaired) electrons. The van der Waals surface area contributed by atoms with Gasteiger partial charge in [0, 0.05) is 24.2 Å². The summed E-state index contributed by atoms with van der Waals surface area (Å²) >= 11 is 0. The van der Waals surface area contributed by atoms with E-state index in [0.29, 0.717) is 34.2 Å². The first kappa shape index (κ1) is 15.6. The summed E-state index contributed by atoms with van der Waals surface area (Å²) in [6, 6.07) is 16.0. The van der Waals surface area contributed by atoms with E-state index in [0.717, 1.165) is 0 Å². The van der Waals surface area contributed by atoms with Gasteiger partial charge in [-0.05, 0) is 36.4 Å². The smallest absolute Gasteiger partial charge is 0.260 e. The third-order valence-corrected chi connectivity index (χ3v) is 3.67. The Bertz CT molecular complexity index is 1030. The molecule has 126 valence electrons. The van der Waals surface area contributed by atoms with Crippen molar-refractivity contribution >= 4 is 11.6 Å². The Morgan fingerprint density at radius 3 is 2.54 bits per heavy atom. The maximum Gasteiger partial charge on any atom is 0.260 e. The van der Waals surface area contributed by atoms with Crippen LogP contribution in [0.4, 0.5) is 5.69 Å². The van der Waals surface area contributed by atoms with Gasteiger partial charge < -0.3 is 9.84 Å². The molecule has 7 heteroatoms. The van der Waals surface area contributed by atoms with Gasteiger partial charge >= 0.3 is 0 Å². The van der Waals surface area contributed by atoms with Crippen LogP contribution >= 0.6 is 0 Å². The summed E-state index contributed by atoms with van der Waals surface area (Å²) in [7, 11) is 0. The molecule has 4 rings (SSSR count). The van der Waals surface area contributed by atoms with Crippen LogP contribution in [0.1, 0.15) is 10.4 Å². The van der Waals surface area contributed by atoms with Gasteiger partial charge in [-0.3, -0.25) is 14.8 Å². The highest BCUT2D eigenvalue weighted by molar-refractivity contribution is 6.05. The number of anilines is 1. The van der Waals surface area contributed by atoms with Gasteiger partial charge in [0.2, 0.25) is 5.82 Å². The zero-order valence-corrected chi connectivity index (χ0v) is 13.5. The first-order valence-electron chi connectivity index (χ1n) is 7.87. The normalized spacial score (nSPS) is 10.5. The molecule has 1 aromatic carbocycles. The molecule has 26 heavy (non-hydrogen) atoms. The number of benzene rings is 1. The van der Waals surface area contributed by atoms with Crippen LogP contribution < -0.4 is 5.32 Å². The molecule has 0 aliphatic heterocycles. The van der Waals surface area contributed by atoms with Gasteiger partial charge in [0.1, 0.15) is 5.69 Å². The summed E-state index contributed by atoms with van der Waals surface area (Å²) in [5, 5.41) is 6.84. The van der Waals surface area contributed by atoms with Crippen LogP contribution in [0.3, 0.4) is 0 Å². The predicted octanol–water partition coefficient (Wildman–Crippen LogP) is 3.45. The number of carbonyl (C=O) groups excluding carboxylic acids is 1. The second-order valence-corrected chi connectivity index (χ2v) is 5.37. The predicted molar refractivity (Wildman–Crippen MR) is 95.2 cm³/mol. The largest absolute Gasteiger partial charge is 0.333 e. The van der Waals surface area contributed by atoms with Crippen LogP contribution in [0.5, 0.6) is 0 Å². The number of nitrogens with one attached hydrogen (secondary N) is 1. The first-order valence-corrected chi connectivity index (χ1v) is 7.87. The number of amides is 1. The minimum Gasteiger partial charge on any atom is -0.333 e. The number of carbonyl (C=O) groups is 1. The molecule has 3 heterocycles. The molecule has 0 fully saturated rings. The number of para-hydroxylation sites is 1. The van der Waals surface area contributed by atoms with Crippen LogP contribution in [0, 0.1) is 0 Å². The van der Waals surface area contributed by atoms with Crippen molar-refractivity contribution in [3.8, 4) is 23.0 Å². The maximum absolute atomic E-state index is 12.4. The monoisotopic (exact) mass is 343 g/mol. The maximum atomic E-state index is 12.4. The van der Waals surface area contributed by atoms with Crippen LogP contribution in [-0.4, -0.2) is 26.0 Å². The molecule has 0 aliphatic carbocycles. The number of hydrogen-bond acceptors (Lipinski definition) is 6. The highest BCUT2D eigenvalue weighted by Gasteiger charge is 2.16. The van der Waals surface area contributed by atoms with E-state index in [1.165, 1.54) is 0 Å². The molecule has 1 amide bonds. The molecule has 7 nitrogen and oxygen atoms in total. The summed E-state index contributed by atoms with van der Waals surface area (Å²) in [6.45, 7) is 0. The van der Waals surface area contributed by atoms with Crippen molar-refractivity contribution in [2.45, 2.75) is 0 Å². The lowest BCUT2D eigenvalue weighted by atomic mass is 10.1. The van der Waals surface area contributed by atoms with Gasteiger partial charge in [0.05, 0.1) is 11.3 Å². The number of rotatable bonds is 4. The molecular formula is C19H13N5O2. The standard InChI is InChI=1S/C19H13N5O2/c25-18(13-8-11-20-12-9-13)22-15-6-2-1-5-14(15)19-23-17(24-26-19)16-7-3-4-10-21-16/h1-12H,(H,22,25). The van der Waals surface area contributed by atoms with Gasteiger partial charge in [-0.1, -0.05) is 23.4 Å². The first-order chi connectivity index (χ1) is 12.8. The fraction of sp³-hybridized carbons (Fsp3) is 0. The molecule has 0 saturated heterocycles. The van der Waals surface area contributed by atoms with Crippen molar-refractivity contribution in [2.75, 3.05) is 5.32 Å². The minimum absolute atomic E-state index is 0.246. The average molecular weight is 343 g/mol. The summed E-state index contributed by atoms with van der Waals surface area (Å²) in [6.07, 6.45) is 4.80. The molecule has 0 atom stereocenters. The summed E-state index contributed by atoms with van der Waals surface area (Å²) < 4.78 is 5.37. The lowest BCUT2D eigenvalue weighted by Crippen LogP contribution is -2.12. The van der Waals surface area contributed by atoms with Gasteiger partial charge in [-0.25, -0.2) is 0 Å². The molecule has 0 aliphatic rings. The Balaban J connectivity index is 1.64. The van der Waals surface area contributed by atoms with Gasteiger partial charge in [-0.15, -0.1) is 0 Å². The van der Waals surface area contributed by atoms with Crippen molar-refractivity contribution in [1.29, 1.82) is 0 Å². The fourth-order valence-corrected chi connectivity index (χ4v) is 2.41. The lowest BCUT2D eigenvalue weighted by Gasteiger charge is -2.08. The fourth-order valence-electron chi connectivity index (χ4n) is 2.41. The lowest BCUT2D eigenvalue weighted by molar-refractivity contribution is 0.102. The summed E-state index contributed by atoms with van der Waals surface area (Å²) in [4.78, 5) is 24.9. The topological polar surface area (TPSA) is 93.8 Å². The Labute approximate surface area is 148 Å². The third-order valence-electron chi connectivity index (χ3n) is 3.67. The van der Waals surface area contributed by atoms with E-state index in [2.05, 4.69) is 25.4 Å². The molecular weight excluding hydrogens is 330 g/mol. The van der Waals surface area contributed by atoms with E-state index < -0.39 is 0 Å². The summed E-state index contributed by atoms with van der Waals surface area (Å²) in [5.41, 5.74) is 2.32. The van der Waals surface area contributed by atoms with Crippen molar-refractivity contribution in [3.05, 3.63) is 78.8 Å². The number of aromatic nitrogens is 4. The summed E-state index contributed by atoms with van der Waals surface area (Å²) in [5.74, 6) is 0.441. The van der Waals surface area contributed by atoms with Gasteiger partial charge in [0.25, 0.3) is 11.8 Å². The second-order valence-electron chi connectivity index (χ2n) is 5.37. The number of nitrogens with zero attached hydrogens (tertiary/aromatic N) is 4. The van der Waals surface area contributed by atoms with Crippen LogP contribution in [0.25, 0.3) is 23.0 Å². The number of hydrogen-bond donors (Lipinski definition) is 1. The molecule has 3 aromatic heterocycles. The van der Waals surface area contributed by atoms with Crippen LogP contribution in [0.15, 0.2) is 77.7 Å². The Morgan fingerprint density at radius 2 is 1.73 bits per heavy atom. The zero-order chi connectivity index (χ0) is 17.8. The average Bonchev–Trinajstić information content (AvgIpc) is 3.20. The molecule has 0 unspecified atom stereocenters. The number of pyridine rings is 2. The molecule has 1 N–H and O–H groups in total. The molecule has 4 aromatic rings. The SMILES string of the molecule is O=C(Nc1ccccc1-c1nc(-c2ccccn2)no1)c1ccncc1. The van der Waals surface area contributed by atoms with Crippen LogP contribution in [0.2, 0.25) is 0 Å². The van der Waals surface area contributed by atoms with Gasteiger partial charge in [-0.2, -0.15) is 4.98 Å². The van der Waals surface area contributed by atoms with Crippen LogP contribution in [-0.2, 0) is 0 Å². The quantitative estimate of drug-likeness (QED) is 0.610. The van der Waals surface area contributed by atoms with Crippen molar-refractivity contribution in [3.63, 3.8) is 0 Å². The van der Waals surface area contributed by atoms with E-state index >= 15 is 0 Å². The highest BCUT2D eigenvalue weighted by atomic mass is 16.5. The highest BCUT2D eigenvalue weighted by Crippen LogP contribution is 2.28. The van der Waals surface area contributed by atoms with Gasteiger partial charge in [0.15, 0.2) is 0 Å². The Morgan fingerprint density at radius 1 is 0.923 bits per heavy atom. The Hall–Kier alpha value is -3.87. The molecule has 0 spiro atoms. The van der Waals surface area contributed by atoms with E-state index in [1.54, 1.807) is 48.9 Å². The van der Waals surface area contributed by atoms with Crippen molar-refractivity contribution < 1.29 is 9.32 Å². The molecule has 0 saturated carbocycles. The zero-order valence-electron chi connectivity index (χ0n) is 13.5. The second kappa shape index (κ2) is 6.94. The van der Waals surface area contributed by atoms with E-state index in [9.17, 15) is 4.79 Å². The third kappa shape index (κ3) is 3.18.